The summed E-state index contributed by atoms with van der Waals surface area (Å²) in [4.78, 5) is 22.6. The molecule has 0 unspecified atom stereocenters. The summed E-state index contributed by atoms with van der Waals surface area (Å²) in [6.07, 6.45) is 0.0927. The molecule has 0 saturated carbocycles. The van der Waals surface area contributed by atoms with Crippen LogP contribution in [0.25, 0.3) is 0 Å². The van der Waals surface area contributed by atoms with Crippen molar-refractivity contribution in [2.75, 3.05) is 26.4 Å². The minimum atomic E-state index is -1.06. The molecule has 2 N–H and O–H groups in total. The molecule has 2 atom stereocenters. The summed E-state index contributed by atoms with van der Waals surface area (Å²) < 4.78 is 15.9. The van der Waals surface area contributed by atoms with Gasteiger partial charge in [-0.15, -0.1) is 0 Å². The van der Waals surface area contributed by atoms with E-state index in [1.807, 2.05) is 0 Å². The molecule has 1 aliphatic heterocycles. The Hall–Kier alpha value is -1.54. The number of hydrogen-bond acceptors (Lipinski definition) is 5. The number of amides is 1. The predicted molar refractivity (Wildman–Crippen MR) is 86.7 cm³/mol. The Labute approximate surface area is 148 Å². The van der Waals surface area contributed by atoms with Crippen molar-refractivity contribution in [3.63, 3.8) is 0 Å². The topological polar surface area (TPSA) is 94.1 Å². The number of carboxylic acids is 1. The largest absolute Gasteiger partial charge is 0.484 e. The smallest absolute Gasteiger partial charge is 0.329 e. The molecular weight excluding hydrogens is 361 g/mol. The number of carboxylic acid groups (broad SMARTS) is 1. The second-order valence-electron chi connectivity index (χ2n) is 5.15. The molecular formula is C15H17Cl2NO6. The predicted octanol–water partition coefficient (Wildman–Crippen LogP) is 1.75. The van der Waals surface area contributed by atoms with Crippen LogP contribution in [-0.2, 0) is 19.1 Å². The average molecular weight is 378 g/mol. The van der Waals surface area contributed by atoms with Crippen LogP contribution in [0.1, 0.15) is 6.42 Å². The summed E-state index contributed by atoms with van der Waals surface area (Å²) in [5.74, 6) is -1.02. The molecule has 7 nitrogen and oxygen atoms in total. The molecule has 1 aliphatic rings. The number of carbonyl (C=O) groups excluding carboxylic acids is 1. The van der Waals surface area contributed by atoms with Crippen LogP contribution in [0.5, 0.6) is 5.75 Å². The summed E-state index contributed by atoms with van der Waals surface area (Å²) in [5.41, 5.74) is 0. The van der Waals surface area contributed by atoms with E-state index in [2.05, 4.69) is 5.32 Å². The van der Waals surface area contributed by atoms with E-state index in [1.54, 1.807) is 12.1 Å². The first-order valence-corrected chi connectivity index (χ1v) is 7.99. The van der Waals surface area contributed by atoms with Gasteiger partial charge in [-0.2, -0.15) is 0 Å². The van der Waals surface area contributed by atoms with Crippen molar-refractivity contribution < 1.29 is 28.9 Å². The summed E-state index contributed by atoms with van der Waals surface area (Å²) in [6.45, 7) is 0.0656. The van der Waals surface area contributed by atoms with E-state index < -0.39 is 24.7 Å². The van der Waals surface area contributed by atoms with Crippen LogP contribution < -0.4 is 10.1 Å². The molecule has 1 fully saturated rings. The van der Waals surface area contributed by atoms with Gasteiger partial charge in [0.15, 0.2) is 6.61 Å². The van der Waals surface area contributed by atoms with Crippen molar-refractivity contribution in [3.05, 3.63) is 28.2 Å². The lowest BCUT2D eigenvalue weighted by Crippen LogP contribution is -2.52. The van der Waals surface area contributed by atoms with E-state index in [4.69, 9.17) is 42.5 Å². The van der Waals surface area contributed by atoms with Gasteiger partial charge in [-0.1, -0.05) is 23.2 Å². The van der Waals surface area contributed by atoms with Gasteiger partial charge in [0.05, 0.1) is 28.8 Å². The Bertz CT molecular complexity index is 597. The zero-order chi connectivity index (χ0) is 17.5. The van der Waals surface area contributed by atoms with Crippen molar-refractivity contribution in [3.8, 4) is 5.75 Å². The minimum absolute atomic E-state index is 0.222. The minimum Gasteiger partial charge on any atom is -0.484 e. The van der Waals surface area contributed by atoms with Crippen molar-refractivity contribution in [1.82, 2.24) is 5.32 Å². The fourth-order valence-corrected chi connectivity index (χ4v) is 2.48. The molecule has 1 aromatic rings. The van der Waals surface area contributed by atoms with E-state index in [1.165, 1.54) is 6.07 Å². The molecule has 132 valence electrons. The van der Waals surface area contributed by atoms with Gasteiger partial charge in [0.2, 0.25) is 0 Å². The van der Waals surface area contributed by atoms with Crippen LogP contribution in [0.2, 0.25) is 10.0 Å². The molecule has 1 amide bonds. The van der Waals surface area contributed by atoms with Crippen LogP contribution >= 0.6 is 23.2 Å². The Morgan fingerprint density at radius 1 is 1.29 bits per heavy atom. The van der Waals surface area contributed by atoms with Gasteiger partial charge in [-0.3, -0.25) is 4.79 Å². The Morgan fingerprint density at radius 3 is 2.79 bits per heavy atom. The quantitative estimate of drug-likeness (QED) is 0.751. The van der Waals surface area contributed by atoms with E-state index >= 15 is 0 Å². The van der Waals surface area contributed by atoms with Crippen molar-refractivity contribution in [2.24, 2.45) is 0 Å². The number of carbonyl (C=O) groups is 2. The monoisotopic (exact) mass is 377 g/mol. The highest BCUT2D eigenvalue weighted by atomic mass is 35.5. The summed E-state index contributed by atoms with van der Waals surface area (Å²) in [6, 6.07) is 4.26. The van der Waals surface area contributed by atoms with Gasteiger partial charge in [0.25, 0.3) is 5.91 Å². The van der Waals surface area contributed by atoms with Crippen LogP contribution in [0.4, 0.5) is 0 Å². The molecule has 1 saturated heterocycles. The van der Waals surface area contributed by atoms with Gasteiger partial charge in [-0.25, -0.2) is 4.79 Å². The molecule has 0 spiro atoms. The van der Waals surface area contributed by atoms with E-state index in [-0.39, 0.29) is 19.1 Å². The number of aliphatic carboxylic acids is 1. The molecule has 24 heavy (non-hydrogen) atoms. The highest BCUT2D eigenvalue weighted by Gasteiger charge is 2.28. The number of halogens is 2. The van der Waals surface area contributed by atoms with E-state index in [9.17, 15) is 9.59 Å². The maximum absolute atomic E-state index is 12.0. The van der Waals surface area contributed by atoms with Crippen LogP contribution in [-0.4, -0.2) is 55.6 Å². The highest BCUT2D eigenvalue weighted by Crippen LogP contribution is 2.26. The van der Waals surface area contributed by atoms with Gasteiger partial charge >= 0.3 is 5.97 Å². The molecule has 0 aromatic heterocycles. The maximum Gasteiger partial charge on any atom is 0.329 e. The average Bonchev–Trinajstić information content (AvgIpc) is 2.55. The summed E-state index contributed by atoms with van der Waals surface area (Å²) in [7, 11) is 0. The molecule has 0 bridgehead atoms. The Morgan fingerprint density at radius 2 is 2.08 bits per heavy atom. The highest BCUT2D eigenvalue weighted by molar-refractivity contribution is 6.42. The zero-order valence-electron chi connectivity index (χ0n) is 12.7. The maximum atomic E-state index is 12.0. The van der Waals surface area contributed by atoms with E-state index in [0.717, 1.165) is 0 Å². The standard InChI is InChI=1S/C15H17Cl2NO6/c16-10-2-1-9(5-11(10)17)23-7-14(19)18-12-6-22-4-3-13(12)24-8-15(20)21/h1-2,5,12-13H,3-4,6-8H2,(H,18,19)(H,20,21)/t12-,13+/m0/s1. The van der Waals surface area contributed by atoms with Gasteiger partial charge in [0.1, 0.15) is 12.4 Å². The van der Waals surface area contributed by atoms with Crippen molar-refractivity contribution >= 4 is 35.1 Å². The third-order valence-electron chi connectivity index (χ3n) is 3.32. The van der Waals surface area contributed by atoms with Crippen molar-refractivity contribution in [1.29, 1.82) is 0 Å². The number of ether oxygens (including phenoxy) is 3. The summed E-state index contributed by atoms with van der Waals surface area (Å²) in [5, 5.41) is 12.1. The zero-order valence-corrected chi connectivity index (χ0v) is 14.2. The second kappa shape index (κ2) is 9.08. The Kier molecular flexibility index (Phi) is 7.11. The third-order valence-corrected chi connectivity index (χ3v) is 4.06. The normalized spacial score (nSPS) is 20.4. The third kappa shape index (κ3) is 5.83. The van der Waals surface area contributed by atoms with Crippen LogP contribution in [0.15, 0.2) is 18.2 Å². The second-order valence-corrected chi connectivity index (χ2v) is 5.96. The van der Waals surface area contributed by atoms with Gasteiger partial charge in [-0.05, 0) is 18.6 Å². The van der Waals surface area contributed by atoms with Crippen LogP contribution in [0.3, 0.4) is 0 Å². The lowest BCUT2D eigenvalue weighted by Gasteiger charge is -2.31. The fourth-order valence-electron chi connectivity index (χ4n) is 2.19. The van der Waals surface area contributed by atoms with Crippen molar-refractivity contribution in [2.45, 2.75) is 18.6 Å². The summed E-state index contributed by atoms with van der Waals surface area (Å²) >= 11 is 11.7. The molecule has 0 aliphatic carbocycles. The van der Waals surface area contributed by atoms with Gasteiger partial charge < -0.3 is 24.6 Å². The fraction of sp³-hybridized carbons (Fsp3) is 0.467. The molecule has 1 heterocycles. The first-order chi connectivity index (χ1) is 11.5. The first-order valence-electron chi connectivity index (χ1n) is 7.24. The molecule has 9 heteroatoms. The lowest BCUT2D eigenvalue weighted by molar-refractivity contribution is -0.148. The van der Waals surface area contributed by atoms with Gasteiger partial charge in [0, 0.05) is 12.7 Å². The van der Waals surface area contributed by atoms with E-state index in [0.29, 0.717) is 28.8 Å². The number of nitrogens with one attached hydrogen (secondary N) is 1. The van der Waals surface area contributed by atoms with Crippen LogP contribution in [0, 0.1) is 0 Å². The number of hydrogen-bond donors (Lipinski definition) is 2. The number of benzene rings is 1. The Balaban J connectivity index is 1.82. The first kappa shape index (κ1) is 18.8. The molecule has 2 rings (SSSR count). The SMILES string of the molecule is O=C(O)CO[C@@H]1CCOC[C@@H]1NC(=O)COc1ccc(Cl)c(Cl)c1. The number of rotatable bonds is 7. The molecule has 1 aromatic carbocycles. The lowest BCUT2D eigenvalue weighted by atomic mass is 10.1. The molecule has 0 radical (unpaired) electrons.